The van der Waals surface area contributed by atoms with Gasteiger partial charge >= 0.3 is 5.82 Å². The Morgan fingerprint density at radius 1 is 1.61 bits per heavy atom. The summed E-state index contributed by atoms with van der Waals surface area (Å²) in [5.74, 6) is 0.926. The van der Waals surface area contributed by atoms with Crippen LogP contribution in [0.1, 0.15) is 24.4 Å². The van der Waals surface area contributed by atoms with Gasteiger partial charge in [-0.3, -0.25) is 4.57 Å². The monoisotopic (exact) mass is 266 g/mol. The number of hydrogen-bond acceptors (Lipinski definition) is 5. The third kappa shape index (κ3) is 2.21. The maximum absolute atomic E-state index is 10.9. The van der Waals surface area contributed by atoms with Crippen molar-refractivity contribution in [2.75, 3.05) is 5.32 Å². The van der Waals surface area contributed by atoms with Crippen molar-refractivity contribution in [3.63, 3.8) is 0 Å². The molecule has 0 saturated carbocycles. The summed E-state index contributed by atoms with van der Waals surface area (Å²) < 4.78 is 1.70. The molecule has 2 aromatic rings. The number of anilines is 1. The molecular weight excluding hydrogens is 252 g/mol. The quantitative estimate of drug-likeness (QED) is 0.682. The summed E-state index contributed by atoms with van der Waals surface area (Å²) in [6, 6.07) is 2.00. The van der Waals surface area contributed by atoms with E-state index in [0.717, 1.165) is 5.56 Å². The van der Waals surface area contributed by atoms with E-state index in [-0.39, 0.29) is 11.9 Å². The Morgan fingerprint density at radius 3 is 2.89 bits per heavy atom. The molecule has 1 unspecified atom stereocenters. The van der Waals surface area contributed by atoms with Crippen molar-refractivity contribution < 1.29 is 4.92 Å². The van der Waals surface area contributed by atoms with Crippen LogP contribution >= 0.6 is 11.3 Å². The molecule has 0 amide bonds. The van der Waals surface area contributed by atoms with Crippen molar-refractivity contribution in [3.05, 3.63) is 38.3 Å². The summed E-state index contributed by atoms with van der Waals surface area (Å²) in [5, 5.41) is 18.1. The van der Waals surface area contributed by atoms with Crippen LogP contribution in [-0.4, -0.2) is 14.5 Å². The van der Waals surface area contributed by atoms with Crippen molar-refractivity contribution in [3.8, 4) is 0 Å². The summed E-state index contributed by atoms with van der Waals surface area (Å²) in [6.45, 7) is 3.71. The summed E-state index contributed by atoms with van der Waals surface area (Å²) in [7, 11) is 1.76. The lowest BCUT2D eigenvalue weighted by Crippen LogP contribution is -2.10. The molecule has 1 atom stereocenters. The lowest BCUT2D eigenvalue weighted by Gasteiger charge is -2.13. The fourth-order valence-corrected chi connectivity index (χ4v) is 2.45. The Morgan fingerprint density at radius 2 is 2.33 bits per heavy atom. The zero-order valence-corrected chi connectivity index (χ0v) is 11.2. The van der Waals surface area contributed by atoms with E-state index in [1.165, 1.54) is 0 Å². The van der Waals surface area contributed by atoms with Crippen LogP contribution < -0.4 is 5.32 Å². The van der Waals surface area contributed by atoms with Crippen LogP contribution in [0, 0.1) is 17.0 Å². The second kappa shape index (κ2) is 4.77. The number of imidazole rings is 1. The predicted molar refractivity (Wildman–Crippen MR) is 71.0 cm³/mol. The van der Waals surface area contributed by atoms with Gasteiger partial charge in [-0.15, -0.1) is 0 Å². The first-order chi connectivity index (χ1) is 8.50. The lowest BCUT2D eigenvalue weighted by molar-refractivity contribution is -0.388. The number of hydrogen-bond donors (Lipinski definition) is 1. The van der Waals surface area contributed by atoms with Gasteiger partial charge < -0.3 is 15.4 Å². The third-order valence-electron chi connectivity index (χ3n) is 2.87. The van der Waals surface area contributed by atoms with Gasteiger partial charge in [0.25, 0.3) is 0 Å². The minimum Gasteiger partial charge on any atom is -0.358 e. The molecule has 0 fully saturated rings. The molecular formula is C11H14N4O2S. The summed E-state index contributed by atoms with van der Waals surface area (Å²) in [5.41, 5.74) is 1.10. The molecule has 96 valence electrons. The van der Waals surface area contributed by atoms with E-state index in [4.69, 9.17) is 0 Å². The maximum Gasteiger partial charge on any atom is 0.406 e. The van der Waals surface area contributed by atoms with E-state index in [1.54, 1.807) is 29.9 Å². The SMILES string of the molecule is Cc1nc([N+](=O)[O-])c(NC(C)c2ccsc2)n1C. The fraction of sp³-hybridized carbons (Fsp3) is 0.364. The average molecular weight is 266 g/mol. The standard InChI is InChI=1S/C11H14N4O2S/c1-7(9-4-5-18-6-9)12-10-11(15(16)17)13-8(2)14(10)3/h4-7,12H,1-3H3. The first-order valence-corrected chi connectivity index (χ1v) is 6.41. The van der Waals surface area contributed by atoms with Crippen LogP contribution in [0.2, 0.25) is 0 Å². The predicted octanol–water partition coefficient (Wildman–Crippen LogP) is 2.87. The van der Waals surface area contributed by atoms with Crippen molar-refractivity contribution >= 4 is 23.0 Å². The van der Waals surface area contributed by atoms with Gasteiger partial charge in [-0.2, -0.15) is 11.3 Å². The molecule has 2 rings (SSSR count). The molecule has 0 aliphatic heterocycles. The molecule has 18 heavy (non-hydrogen) atoms. The van der Waals surface area contributed by atoms with Gasteiger partial charge in [0.05, 0.1) is 6.04 Å². The van der Waals surface area contributed by atoms with Crippen LogP contribution in [-0.2, 0) is 7.05 Å². The number of aromatic nitrogens is 2. The zero-order chi connectivity index (χ0) is 13.3. The Balaban J connectivity index is 2.31. The number of nitrogens with one attached hydrogen (secondary N) is 1. The van der Waals surface area contributed by atoms with Gasteiger partial charge in [0.2, 0.25) is 11.6 Å². The number of rotatable bonds is 4. The molecule has 2 heterocycles. The Hall–Kier alpha value is -1.89. The Kier molecular flexibility index (Phi) is 3.33. The minimum absolute atomic E-state index is 0.00440. The first-order valence-electron chi connectivity index (χ1n) is 5.47. The topological polar surface area (TPSA) is 73.0 Å². The molecule has 0 saturated heterocycles. The maximum atomic E-state index is 10.9. The van der Waals surface area contributed by atoms with E-state index in [9.17, 15) is 10.1 Å². The van der Waals surface area contributed by atoms with Crippen LogP contribution in [0.15, 0.2) is 16.8 Å². The molecule has 0 aliphatic rings. The smallest absolute Gasteiger partial charge is 0.358 e. The van der Waals surface area contributed by atoms with Crippen LogP contribution in [0.4, 0.5) is 11.6 Å². The second-order valence-electron chi connectivity index (χ2n) is 4.07. The van der Waals surface area contributed by atoms with Gasteiger partial charge in [0, 0.05) is 14.0 Å². The van der Waals surface area contributed by atoms with Crippen LogP contribution in [0.3, 0.4) is 0 Å². The normalized spacial score (nSPS) is 12.4. The van der Waals surface area contributed by atoms with Crippen LogP contribution in [0.5, 0.6) is 0 Å². The van der Waals surface area contributed by atoms with Crippen molar-refractivity contribution in [1.29, 1.82) is 0 Å². The van der Waals surface area contributed by atoms with Crippen molar-refractivity contribution in [1.82, 2.24) is 9.55 Å². The molecule has 6 nitrogen and oxygen atoms in total. The fourth-order valence-electron chi connectivity index (χ4n) is 1.69. The van der Waals surface area contributed by atoms with E-state index in [0.29, 0.717) is 11.6 Å². The molecule has 0 spiro atoms. The average Bonchev–Trinajstić information content (AvgIpc) is 2.92. The molecule has 1 N–H and O–H groups in total. The highest BCUT2D eigenvalue weighted by atomic mass is 32.1. The molecule has 2 aromatic heterocycles. The molecule has 0 aliphatic carbocycles. The lowest BCUT2D eigenvalue weighted by atomic mass is 10.2. The minimum atomic E-state index is -0.463. The van der Waals surface area contributed by atoms with Crippen molar-refractivity contribution in [2.45, 2.75) is 19.9 Å². The number of nitrogens with zero attached hydrogens (tertiary/aromatic N) is 3. The highest BCUT2D eigenvalue weighted by molar-refractivity contribution is 7.07. The van der Waals surface area contributed by atoms with E-state index in [2.05, 4.69) is 10.3 Å². The van der Waals surface area contributed by atoms with Crippen molar-refractivity contribution in [2.24, 2.45) is 7.05 Å². The molecule has 0 aromatic carbocycles. The highest BCUT2D eigenvalue weighted by Crippen LogP contribution is 2.28. The Labute approximate surface area is 108 Å². The number of aryl methyl sites for hydroxylation is 1. The van der Waals surface area contributed by atoms with Crippen LogP contribution in [0.25, 0.3) is 0 Å². The van der Waals surface area contributed by atoms with E-state index < -0.39 is 4.92 Å². The Bertz CT molecular complexity index is 562. The summed E-state index contributed by atoms with van der Waals surface area (Å²) >= 11 is 1.60. The zero-order valence-electron chi connectivity index (χ0n) is 10.4. The van der Waals surface area contributed by atoms with Gasteiger partial charge in [0.15, 0.2) is 0 Å². The number of nitro groups is 1. The first kappa shape index (κ1) is 12.6. The summed E-state index contributed by atoms with van der Waals surface area (Å²) in [4.78, 5) is 14.4. The number of thiophene rings is 1. The van der Waals surface area contributed by atoms with E-state index >= 15 is 0 Å². The van der Waals surface area contributed by atoms with Gasteiger partial charge in [-0.25, -0.2) is 0 Å². The molecule has 0 bridgehead atoms. The second-order valence-corrected chi connectivity index (χ2v) is 4.85. The van der Waals surface area contributed by atoms with Gasteiger partial charge in [0.1, 0.15) is 0 Å². The summed E-state index contributed by atoms with van der Waals surface area (Å²) in [6.07, 6.45) is 0. The molecule has 0 radical (unpaired) electrons. The largest absolute Gasteiger partial charge is 0.406 e. The van der Waals surface area contributed by atoms with E-state index in [1.807, 2.05) is 23.8 Å². The highest BCUT2D eigenvalue weighted by Gasteiger charge is 2.24. The third-order valence-corrected chi connectivity index (χ3v) is 3.57. The van der Waals surface area contributed by atoms with Gasteiger partial charge in [-0.05, 0) is 39.2 Å². The van der Waals surface area contributed by atoms with Gasteiger partial charge in [-0.1, -0.05) is 0 Å². The molecule has 7 heteroatoms.